The zero-order chi connectivity index (χ0) is 14.8. The standard InChI is InChI=1S/C10H13FN4O4S/c11-9-7-8(15(16)17)1-2-10(9)13-20(18,19)14-5-3-12-4-6-14/h1-2,7,12-13H,3-6H2. The van der Waals surface area contributed by atoms with Gasteiger partial charge in [0.25, 0.3) is 5.69 Å². The third-order valence-electron chi connectivity index (χ3n) is 2.82. The average molecular weight is 304 g/mol. The fraction of sp³-hybridized carbons (Fsp3) is 0.400. The van der Waals surface area contributed by atoms with Crippen molar-refractivity contribution in [3.63, 3.8) is 0 Å². The first-order valence-corrected chi connectivity index (χ1v) is 7.27. The summed E-state index contributed by atoms with van der Waals surface area (Å²) in [5.74, 6) is -0.988. The van der Waals surface area contributed by atoms with Crippen molar-refractivity contribution in [2.75, 3.05) is 30.9 Å². The van der Waals surface area contributed by atoms with Crippen molar-refractivity contribution in [2.24, 2.45) is 0 Å². The van der Waals surface area contributed by atoms with Crippen LogP contribution in [0.3, 0.4) is 0 Å². The Morgan fingerprint density at radius 1 is 1.35 bits per heavy atom. The van der Waals surface area contributed by atoms with Gasteiger partial charge in [-0.3, -0.25) is 14.8 Å². The lowest BCUT2D eigenvalue weighted by molar-refractivity contribution is -0.385. The highest BCUT2D eigenvalue weighted by Gasteiger charge is 2.25. The number of nitrogens with zero attached hydrogens (tertiary/aromatic N) is 2. The Kier molecular flexibility index (Phi) is 4.16. The highest BCUT2D eigenvalue weighted by atomic mass is 32.2. The molecule has 1 aromatic carbocycles. The van der Waals surface area contributed by atoms with Crippen LogP contribution in [-0.4, -0.2) is 43.8 Å². The Morgan fingerprint density at radius 2 is 2.00 bits per heavy atom. The second-order valence-electron chi connectivity index (χ2n) is 4.18. The van der Waals surface area contributed by atoms with Crippen molar-refractivity contribution >= 4 is 21.6 Å². The van der Waals surface area contributed by atoms with Gasteiger partial charge in [-0.25, -0.2) is 4.39 Å². The molecule has 0 spiro atoms. The van der Waals surface area contributed by atoms with E-state index in [1.165, 1.54) is 4.31 Å². The zero-order valence-corrected chi connectivity index (χ0v) is 11.2. The number of hydrogen-bond acceptors (Lipinski definition) is 5. The Bertz CT molecular complexity index is 616. The van der Waals surface area contributed by atoms with Crippen molar-refractivity contribution in [1.29, 1.82) is 0 Å². The van der Waals surface area contributed by atoms with Crippen LogP contribution in [-0.2, 0) is 10.2 Å². The molecule has 0 bridgehead atoms. The number of piperazine rings is 1. The van der Waals surface area contributed by atoms with E-state index in [0.717, 1.165) is 12.1 Å². The van der Waals surface area contributed by atoms with E-state index >= 15 is 0 Å². The van der Waals surface area contributed by atoms with E-state index in [-0.39, 0.29) is 18.8 Å². The summed E-state index contributed by atoms with van der Waals surface area (Å²) in [7, 11) is -3.86. The fourth-order valence-electron chi connectivity index (χ4n) is 1.79. The molecule has 1 aliphatic rings. The van der Waals surface area contributed by atoms with Gasteiger partial charge in [0, 0.05) is 32.2 Å². The van der Waals surface area contributed by atoms with Gasteiger partial charge in [0.1, 0.15) is 0 Å². The number of nitrogens with one attached hydrogen (secondary N) is 2. The third kappa shape index (κ3) is 3.21. The van der Waals surface area contributed by atoms with Gasteiger partial charge in [-0.1, -0.05) is 0 Å². The molecule has 2 N–H and O–H groups in total. The molecular weight excluding hydrogens is 291 g/mol. The maximum absolute atomic E-state index is 13.6. The van der Waals surface area contributed by atoms with Gasteiger partial charge in [0.2, 0.25) is 0 Å². The van der Waals surface area contributed by atoms with Gasteiger partial charge >= 0.3 is 10.2 Å². The van der Waals surface area contributed by atoms with Crippen LogP contribution in [0.4, 0.5) is 15.8 Å². The van der Waals surface area contributed by atoms with Gasteiger partial charge in [-0.2, -0.15) is 12.7 Å². The molecule has 0 aliphatic carbocycles. The van der Waals surface area contributed by atoms with Crippen LogP contribution in [0, 0.1) is 15.9 Å². The van der Waals surface area contributed by atoms with Crippen LogP contribution < -0.4 is 10.0 Å². The predicted octanol–water partition coefficient (Wildman–Crippen LogP) is 0.296. The van der Waals surface area contributed by atoms with Gasteiger partial charge in [-0.05, 0) is 6.07 Å². The normalized spacial score (nSPS) is 16.9. The number of benzene rings is 1. The SMILES string of the molecule is O=[N+]([O-])c1ccc(NS(=O)(=O)N2CCNCC2)c(F)c1. The largest absolute Gasteiger partial charge is 0.314 e. The topological polar surface area (TPSA) is 105 Å². The van der Waals surface area contributed by atoms with Crippen LogP contribution in [0.15, 0.2) is 18.2 Å². The second kappa shape index (κ2) is 5.69. The molecule has 20 heavy (non-hydrogen) atoms. The predicted molar refractivity (Wildman–Crippen MR) is 70.0 cm³/mol. The van der Waals surface area contributed by atoms with E-state index in [4.69, 9.17) is 0 Å². The second-order valence-corrected chi connectivity index (χ2v) is 5.85. The van der Waals surface area contributed by atoms with Crippen LogP contribution in [0.25, 0.3) is 0 Å². The lowest BCUT2D eigenvalue weighted by atomic mass is 10.3. The Morgan fingerprint density at radius 3 is 2.55 bits per heavy atom. The first-order chi connectivity index (χ1) is 9.40. The molecule has 1 fully saturated rings. The number of rotatable bonds is 4. The number of nitro groups is 1. The number of nitro benzene ring substituents is 1. The number of anilines is 1. The molecule has 110 valence electrons. The quantitative estimate of drug-likeness (QED) is 0.615. The maximum atomic E-state index is 13.6. The molecule has 1 aromatic rings. The van der Waals surface area contributed by atoms with E-state index in [0.29, 0.717) is 19.2 Å². The molecule has 0 radical (unpaired) electrons. The summed E-state index contributed by atoms with van der Waals surface area (Å²) in [4.78, 5) is 9.73. The van der Waals surface area contributed by atoms with Crippen LogP contribution in [0.5, 0.6) is 0 Å². The molecule has 0 saturated carbocycles. The molecular formula is C10H13FN4O4S. The Balaban J connectivity index is 2.18. The van der Waals surface area contributed by atoms with Crippen LogP contribution in [0.2, 0.25) is 0 Å². The number of non-ortho nitro benzene ring substituents is 1. The number of halogens is 1. The molecule has 0 amide bonds. The summed E-state index contributed by atoms with van der Waals surface area (Å²) < 4.78 is 41.0. The van der Waals surface area contributed by atoms with Gasteiger partial charge in [0.15, 0.2) is 5.82 Å². The lowest BCUT2D eigenvalue weighted by Crippen LogP contribution is -2.48. The molecule has 1 aliphatic heterocycles. The molecule has 0 unspecified atom stereocenters. The monoisotopic (exact) mass is 304 g/mol. The van der Waals surface area contributed by atoms with Crippen molar-refractivity contribution in [3.8, 4) is 0 Å². The molecule has 1 heterocycles. The van der Waals surface area contributed by atoms with E-state index in [1.54, 1.807) is 0 Å². The highest BCUT2D eigenvalue weighted by molar-refractivity contribution is 7.90. The van der Waals surface area contributed by atoms with Gasteiger partial charge < -0.3 is 5.32 Å². The Hall–Kier alpha value is -1.78. The van der Waals surface area contributed by atoms with Crippen molar-refractivity contribution in [1.82, 2.24) is 9.62 Å². The highest BCUT2D eigenvalue weighted by Crippen LogP contribution is 2.22. The summed E-state index contributed by atoms with van der Waals surface area (Å²) in [6.07, 6.45) is 0. The first kappa shape index (κ1) is 14.6. The van der Waals surface area contributed by atoms with E-state index in [2.05, 4.69) is 10.0 Å². The lowest BCUT2D eigenvalue weighted by Gasteiger charge is -2.26. The van der Waals surface area contributed by atoms with E-state index in [1.807, 2.05) is 0 Å². The van der Waals surface area contributed by atoms with Crippen LogP contribution in [0.1, 0.15) is 0 Å². The number of hydrogen-bond donors (Lipinski definition) is 2. The molecule has 2 rings (SSSR count). The first-order valence-electron chi connectivity index (χ1n) is 5.83. The van der Waals surface area contributed by atoms with Crippen LogP contribution >= 0.6 is 0 Å². The minimum absolute atomic E-state index is 0.282. The van der Waals surface area contributed by atoms with Gasteiger partial charge in [0.05, 0.1) is 16.7 Å². The molecule has 0 atom stereocenters. The third-order valence-corrected chi connectivity index (χ3v) is 4.34. The molecule has 1 saturated heterocycles. The summed E-state index contributed by atoms with van der Waals surface area (Å²) >= 11 is 0. The van der Waals surface area contributed by atoms with Crippen molar-refractivity contribution in [3.05, 3.63) is 34.1 Å². The summed E-state index contributed by atoms with van der Waals surface area (Å²) in [6, 6.07) is 2.75. The summed E-state index contributed by atoms with van der Waals surface area (Å²) in [5.41, 5.74) is -0.748. The average Bonchev–Trinajstić information content (AvgIpc) is 2.41. The fourth-order valence-corrected chi connectivity index (χ4v) is 3.02. The van der Waals surface area contributed by atoms with Gasteiger partial charge in [-0.15, -0.1) is 0 Å². The Labute approximate surface area is 114 Å². The maximum Gasteiger partial charge on any atom is 0.301 e. The molecule has 8 nitrogen and oxygen atoms in total. The van der Waals surface area contributed by atoms with Crippen molar-refractivity contribution < 1.29 is 17.7 Å². The minimum Gasteiger partial charge on any atom is -0.314 e. The smallest absolute Gasteiger partial charge is 0.301 e. The molecule has 10 heteroatoms. The van der Waals surface area contributed by atoms with E-state index < -0.39 is 26.6 Å². The minimum atomic E-state index is -3.86. The van der Waals surface area contributed by atoms with E-state index in [9.17, 15) is 22.9 Å². The summed E-state index contributed by atoms with van der Waals surface area (Å²) in [6.45, 7) is 1.60. The van der Waals surface area contributed by atoms with Crippen molar-refractivity contribution in [2.45, 2.75) is 0 Å². The molecule has 0 aromatic heterocycles. The summed E-state index contributed by atoms with van der Waals surface area (Å²) in [5, 5.41) is 13.5. The zero-order valence-electron chi connectivity index (χ0n) is 10.4.